The number of likely N-dealkylation sites (N-methyl/N-ethyl adjacent to an activating group) is 1. The van der Waals surface area contributed by atoms with Crippen molar-refractivity contribution in [2.24, 2.45) is 5.41 Å². The topological polar surface area (TPSA) is 35.6 Å². The number of hydrogen-bond acceptors (Lipinski definition) is 3. The van der Waals surface area contributed by atoms with Gasteiger partial charge in [-0.1, -0.05) is 32.4 Å². The van der Waals surface area contributed by atoms with Gasteiger partial charge in [-0.15, -0.1) is 0 Å². The van der Waals surface area contributed by atoms with Crippen LogP contribution in [-0.2, 0) is 4.79 Å². The van der Waals surface area contributed by atoms with Crippen molar-refractivity contribution in [3.63, 3.8) is 0 Å². The summed E-state index contributed by atoms with van der Waals surface area (Å²) < 4.78 is 0. The van der Waals surface area contributed by atoms with Gasteiger partial charge in [0.2, 0.25) is 5.91 Å². The quantitative estimate of drug-likeness (QED) is 0.925. The van der Waals surface area contributed by atoms with Crippen LogP contribution in [0.3, 0.4) is 0 Å². The average molecular weight is 324 g/mol. The summed E-state index contributed by atoms with van der Waals surface area (Å²) in [5, 5.41) is 3.68. The predicted molar refractivity (Wildman–Crippen MR) is 93.9 cm³/mol. The van der Waals surface area contributed by atoms with Gasteiger partial charge in [-0.05, 0) is 30.7 Å². The molecule has 1 heterocycles. The molecule has 122 valence electrons. The summed E-state index contributed by atoms with van der Waals surface area (Å²) >= 11 is 6.12. The lowest BCUT2D eigenvalue weighted by atomic mass is 9.92. The Kier molecular flexibility index (Phi) is 5.35. The van der Waals surface area contributed by atoms with Crippen LogP contribution in [-0.4, -0.2) is 44.0 Å². The number of hydrogen-bond donors (Lipinski definition) is 1. The first-order chi connectivity index (χ1) is 10.2. The van der Waals surface area contributed by atoms with Crippen molar-refractivity contribution < 1.29 is 4.79 Å². The van der Waals surface area contributed by atoms with Crippen molar-refractivity contribution in [2.45, 2.75) is 27.2 Å². The van der Waals surface area contributed by atoms with Gasteiger partial charge in [0.1, 0.15) is 0 Å². The fourth-order valence-electron chi connectivity index (χ4n) is 2.61. The third-order valence-electron chi connectivity index (χ3n) is 3.77. The van der Waals surface area contributed by atoms with E-state index in [4.69, 9.17) is 11.6 Å². The minimum absolute atomic E-state index is 0.0311. The Bertz CT molecular complexity index is 531. The zero-order valence-electron chi connectivity index (χ0n) is 13.9. The van der Waals surface area contributed by atoms with Crippen LogP contribution in [0, 0.1) is 5.41 Å². The largest absolute Gasteiger partial charge is 0.367 e. The molecule has 5 heteroatoms. The van der Waals surface area contributed by atoms with Crippen molar-refractivity contribution in [2.75, 3.05) is 43.4 Å². The number of rotatable bonds is 3. The van der Waals surface area contributed by atoms with Gasteiger partial charge in [0, 0.05) is 37.6 Å². The number of nitrogens with zero attached hydrogens (tertiary/aromatic N) is 2. The summed E-state index contributed by atoms with van der Waals surface area (Å²) in [7, 11) is 2.13. The third kappa shape index (κ3) is 4.89. The van der Waals surface area contributed by atoms with Gasteiger partial charge in [0.05, 0.1) is 11.4 Å². The number of benzene rings is 1. The summed E-state index contributed by atoms with van der Waals surface area (Å²) in [6, 6.07) is 5.73. The average Bonchev–Trinajstić information content (AvgIpc) is 2.38. The normalized spacial score (nSPS) is 16.7. The molecule has 1 aromatic carbocycles. The predicted octanol–water partition coefficient (Wildman–Crippen LogP) is 3.47. The molecule has 1 aliphatic rings. The molecule has 1 saturated heterocycles. The molecule has 0 unspecified atom stereocenters. The molecule has 0 saturated carbocycles. The molecule has 0 bridgehead atoms. The Labute approximate surface area is 138 Å². The molecule has 4 nitrogen and oxygen atoms in total. The second kappa shape index (κ2) is 6.88. The highest BCUT2D eigenvalue weighted by molar-refractivity contribution is 6.31. The molecular weight excluding hydrogens is 298 g/mol. The van der Waals surface area contributed by atoms with E-state index in [2.05, 4.69) is 42.9 Å². The SMILES string of the molecule is CN1CCN(c2ccc(Cl)cc2NC(=O)CC(C)(C)C)CC1. The number of anilines is 2. The Morgan fingerprint density at radius 3 is 2.45 bits per heavy atom. The summed E-state index contributed by atoms with van der Waals surface area (Å²) in [4.78, 5) is 16.9. The van der Waals surface area contributed by atoms with E-state index in [0.29, 0.717) is 11.4 Å². The van der Waals surface area contributed by atoms with E-state index < -0.39 is 0 Å². The Hall–Kier alpha value is -1.26. The molecule has 1 fully saturated rings. The minimum Gasteiger partial charge on any atom is -0.367 e. The van der Waals surface area contributed by atoms with Gasteiger partial charge < -0.3 is 15.1 Å². The molecule has 1 amide bonds. The van der Waals surface area contributed by atoms with Gasteiger partial charge in [-0.2, -0.15) is 0 Å². The third-order valence-corrected chi connectivity index (χ3v) is 4.00. The first-order valence-electron chi connectivity index (χ1n) is 7.77. The fourth-order valence-corrected chi connectivity index (χ4v) is 2.78. The zero-order chi connectivity index (χ0) is 16.3. The van der Waals surface area contributed by atoms with Crippen LogP contribution in [0.2, 0.25) is 5.02 Å². The molecule has 0 atom stereocenters. The van der Waals surface area contributed by atoms with E-state index in [1.54, 1.807) is 0 Å². The van der Waals surface area contributed by atoms with Crippen molar-refractivity contribution in [3.05, 3.63) is 23.2 Å². The van der Waals surface area contributed by atoms with E-state index in [-0.39, 0.29) is 11.3 Å². The van der Waals surface area contributed by atoms with Crippen LogP contribution in [0.5, 0.6) is 0 Å². The van der Waals surface area contributed by atoms with E-state index in [9.17, 15) is 4.79 Å². The van der Waals surface area contributed by atoms with Crippen molar-refractivity contribution in [1.29, 1.82) is 0 Å². The van der Waals surface area contributed by atoms with Crippen LogP contribution in [0.15, 0.2) is 18.2 Å². The van der Waals surface area contributed by atoms with Gasteiger partial charge in [-0.3, -0.25) is 4.79 Å². The lowest BCUT2D eigenvalue weighted by Crippen LogP contribution is -2.44. The summed E-state index contributed by atoms with van der Waals surface area (Å²) in [5.41, 5.74) is 1.84. The zero-order valence-corrected chi connectivity index (χ0v) is 14.7. The van der Waals surface area contributed by atoms with Crippen LogP contribution in [0.25, 0.3) is 0 Å². The standard InChI is InChI=1S/C17H26ClN3O/c1-17(2,3)12-16(22)19-14-11-13(18)5-6-15(14)21-9-7-20(4)8-10-21/h5-6,11H,7-10,12H2,1-4H3,(H,19,22). The maximum atomic E-state index is 12.2. The van der Waals surface area contributed by atoms with Gasteiger partial charge in [0.25, 0.3) is 0 Å². The molecule has 0 radical (unpaired) electrons. The van der Waals surface area contributed by atoms with Crippen molar-refractivity contribution >= 4 is 28.9 Å². The number of amides is 1. The van der Waals surface area contributed by atoms with Crippen molar-refractivity contribution in [1.82, 2.24) is 4.90 Å². The van der Waals surface area contributed by atoms with Crippen LogP contribution >= 0.6 is 11.6 Å². The molecular formula is C17H26ClN3O. The summed E-state index contributed by atoms with van der Waals surface area (Å²) in [6.07, 6.45) is 0.488. The highest BCUT2D eigenvalue weighted by atomic mass is 35.5. The highest BCUT2D eigenvalue weighted by Crippen LogP contribution is 2.31. The molecule has 0 aliphatic carbocycles. The first-order valence-corrected chi connectivity index (χ1v) is 8.15. The van der Waals surface area contributed by atoms with Crippen LogP contribution in [0.4, 0.5) is 11.4 Å². The molecule has 0 spiro atoms. The monoisotopic (exact) mass is 323 g/mol. The highest BCUT2D eigenvalue weighted by Gasteiger charge is 2.20. The Balaban J connectivity index is 2.16. The lowest BCUT2D eigenvalue weighted by Gasteiger charge is -2.35. The molecule has 0 aromatic heterocycles. The van der Waals surface area contributed by atoms with Crippen LogP contribution < -0.4 is 10.2 Å². The number of nitrogens with one attached hydrogen (secondary N) is 1. The number of piperazine rings is 1. The van der Waals surface area contributed by atoms with E-state index in [0.717, 1.165) is 37.6 Å². The van der Waals surface area contributed by atoms with Gasteiger partial charge in [-0.25, -0.2) is 0 Å². The molecule has 2 rings (SSSR count). The number of carbonyl (C=O) groups excluding carboxylic acids is 1. The Morgan fingerprint density at radius 2 is 1.86 bits per heavy atom. The second-order valence-corrected chi connectivity index (χ2v) is 7.67. The molecule has 1 N–H and O–H groups in total. The fraction of sp³-hybridized carbons (Fsp3) is 0.588. The van der Waals surface area contributed by atoms with Gasteiger partial charge in [0.15, 0.2) is 0 Å². The van der Waals surface area contributed by atoms with E-state index >= 15 is 0 Å². The summed E-state index contributed by atoms with van der Waals surface area (Å²) in [6.45, 7) is 10.2. The maximum absolute atomic E-state index is 12.2. The summed E-state index contributed by atoms with van der Waals surface area (Å²) in [5.74, 6) is 0.0325. The smallest absolute Gasteiger partial charge is 0.224 e. The second-order valence-electron chi connectivity index (χ2n) is 7.24. The van der Waals surface area contributed by atoms with Gasteiger partial charge >= 0.3 is 0 Å². The Morgan fingerprint density at radius 1 is 1.23 bits per heavy atom. The molecule has 1 aliphatic heterocycles. The lowest BCUT2D eigenvalue weighted by molar-refractivity contribution is -0.117. The molecule has 22 heavy (non-hydrogen) atoms. The van der Waals surface area contributed by atoms with E-state index in [1.807, 2.05) is 18.2 Å². The molecule has 1 aromatic rings. The first kappa shape index (κ1) is 17.1. The maximum Gasteiger partial charge on any atom is 0.224 e. The van der Waals surface area contributed by atoms with E-state index in [1.165, 1.54) is 0 Å². The van der Waals surface area contributed by atoms with Crippen LogP contribution in [0.1, 0.15) is 27.2 Å². The van der Waals surface area contributed by atoms with Crippen molar-refractivity contribution in [3.8, 4) is 0 Å². The number of carbonyl (C=O) groups is 1. The number of halogens is 1. The minimum atomic E-state index is -0.0311.